The maximum absolute atomic E-state index is 12.2. The molecule has 0 aliphatic carbocycles. The number of aromatic nitrogens is 2. The topological polar surface area (TPSA) is 88.6 Å². The second-order valence-corrected chi connectivity index (χ2v) is 5.59. The van der Waals surface area contributed by atoms with Crippen LogP contribution in [0.1, 0.15) is 22.8 Å². The van der Waals surface area contributed by atoms with Gasteiger partial charge < -0.3 is 9.47 Å². The van der Waals surface area contributed by atoms with Gasteiger partial charge in [-0.3, -0.25) is 9.89 Å². The minimum atomic E-state index is -0.302. The predicted octanol–water partition coefficient (Wildman–Crippen LogP) is 3.25. The molecule has 0 saturated carbocycles. The maximum atomic E-state index is 12.2. The summed E-state index contributed by atoms with van der Waals surface area (Å²) in [4.78, 5) is 12.2. The van der Waals surface area contributed by atoms with E-state index < -0.39 is 0 Å². The number of nitrogens with one attached hydrogen (secondary N) is 2. The van der Waals surface area contributed by atoms with Gasteiger partial charge in [-0.1, -0.05) is 0 Å². The molecular formula is C20H20N4O3. The van der Waals surface area contributed by atoms with Gasteiger partial charge in [0.15, 0.2) is 0 Å². The molecule has 7 nitrogen and oxygen atoms in total. The summed E-state index contributed by atoms with van der Waals surface area (Å²) in [7, 11) is 1.62. The summed E-state index contributed by atoms with van der Waals surface area (Å²) in [5.74, 6) is 1.19. The fraction of sp³-hybridized carbons (Fsp3) is 0.150. The Morgan fingerprint density at radius 1 is 1.15 bits per heavy atom. The van der Waals surface area contributed by atoms with Crippen molar-refractivity contribution in [1.29, 1.82) is 0 Å². The molecule has 0 unspecified atom stereocenters. The molecule has 3 aromatic rings. The summed E-state index contributed by atoms with van der Waals surface area (Å²) in [5.41, 5.74) is 5.51. The van der Waals surface area contributed by atoms with E-state index in [0.717, 1.165) is 28.3 Å². The van der Waals surface area contributed by atoms with Gasteiger partial charge in [-0.05, 0) is 55.5 Å². The molecule has 1 amide bonds. The third-order valence-electron chi connectivity index (χ3n) is 3.84. The number of hydrogen-bond acceptors (Lipinski definition) is 5. The van der Waals surface area contributed by atoms with E-state index in [0.29, 0.717) is 12.2 Å². The van der Waals surface area contributed by atoms with Crippen LogP contribution in [0.3, 0.4) is 0 Å². The summed E-state index contributed by atoms with van der Waals surface area (Å²) < 4.78 is 10.5. The van der Waals surface area contributed by atoms with E-state index in [2.05, 4.69) is 20.7 Å². The maximum Gasteiger partial charge on any atom is 0.271 e. The summed E-state index contributed by atoms with van der Waals surface area (Å²) in [5, 5.41) is 11.0. The fourth-order valence-corrected chi connectivity index (χ4v) is 2.48. The van der Waals surface area contributed by atoms with Gasteiger partial charge in [-0.25, -0.2) is 5.43 Å². The number of amides is 1. The molecule has 27 heavy (non-hydrogen) atoms. The molecule has 2 N–H and O–H groups in total. The predicted molar refractivity (Wildman–Crippen MR) is 103 cm³/mol. The fourth-order valence-electron chi connectivity index (χ4n) is 2.48. The average molecular weight is 364 g/mol. The first-order chi connectivity index (χ1) is 13.2. The zero-order valence-corrected chi connectivity index (χ0v) is 15.1. The SMILES string of the molecule is CCOc1ccc(C(=O)N/N=C\c2cn[nH]c2-c2ccc(OC)cc2)cc1. The van der Waals surface area contributed by atoms with Crippen molar-refractivity contribution < 1.29 is 14.3 Å². The summed E-state index contributed by atoms with van der Waals surface area (Å²) >= 11 is 0. The van der Waals surface area contributed by atoms with E-state index in [1.807, 2.05) is 31.2 Å². The number of benzene rings is 2. The molecule has 0 radical (unpaired) electrons. The van der Waals surface area contributed by atoms with Crippen molar-refractivity contribution in [3.8, 4) is 22.8 Å². The molecule has 0 fully saturated rings. The van der Waals surface area contributed by atoms with Crippen molar-refractivity contribution in [2.45, 2.75) is 6.92 Å². The Hall–Kier alpha value is -3.61. The first-order valence-electron chi connectivity index (χ1n) is 8.45. The van der Waals surface area contributed by atoms with Crippen molar-refractivity contribution in [3.05, 3.63) is 65.9 Å². The summed E-state index contributed by atoms with van der Waals surface area (Å²) in [6.07, 6.45) is 3.20. The molecule has 0 bridgehead atoms. The van der Waals surface area contributed by atoms with Gasteiger partial charge in [0.2, 0.25) is 0 Å². The third kappa shape index (κ3) is 4.52. The van der Waals surface area contributed by atoms with Crippen molar-refractivity contribution in [1.82, 2.24) is 15.6 Å². The first kappa shape index (κ1) is 18.2. The number of rotatable bonds is 7. The zero-order valence-electron chi connectivity index (χ0n) is 15.1. The van der Waals surface area contributed by atoms with Crippen molar-refractivity contribution in [2.75, 3.05) is 13.7 Å². The van der Waals surface area contributed by atoms with E-state index in [1.54, 1.807) is 43.8 Å². The molecule has 3 rings (SSSR count). The number of hydrazone groups is 1. The average Bonchev–Trinajstić information content (AvgIpc) is 3.17. The minimum absolute atomic E-state index is 0.302. The molecule has 1 aromatic heterocycles. The number of hydrogen-bond donors (Lipinski definition) is 2. The number of aromatic amines is 1. The van der Waals surface area contributed by atoms with Gasteiger partial charge in [0.25, 0.3) is 5.91 Å². The number of nitrogens with zero attached hydrogens (tertiary/aromatic N) is 2. The number of H-pyrrole nitrogens is 1. The minimum Gasteiger partial charge on any atom is -0.497 e. The number of carbonyl (C=O) groups is 1. The van der Waals surface area contributed by atoms with Crippen LogP contribution in [0.25, 0.3) is 11.3 Å². The molecule has 0 spiro atoms. The van der Waals surface area contributed by atoms with E-state index in [1.165, 1.54) is 0 Å². The van der Waals surface area contributed by atoms with Gasteiger partial charge in [0.05, 0.1) is 31.8 Å². The monoisotopic (exact) mass is 364 g/mol. The van der Waals surface area contributed by atoms with Gasteiger partial charge >= 0.3 is 0 Å². The highest BCUT2D eigenvalue weighted by molar-refractivity contribution is 5.95. The molecule has 2 aromatic carbocycles. The molecule has 7 heteroatoms. The molecule has 0 aliphatic heterocycles. The van der Waals surface area contributed by atoms with E-state index in [-0.39, 0.29) is 5.91 Å². The lowest BCUT2D eigenvalue weighted by atomic mass is 10.1. The number of carbonyl (C=O) groups excluding carboxylic acids is 1. The molecule has 1 heterocycles. The standard InChI is InChI=1S/C20H20N4O3/c1-3-27-18-10-6-15(7-11-18)20(25)24-22-13-16-12-21-23-19(16)14-4-8-17(26-2)9-5-14/h4-13H,3H2,1-2H3,(H,21,23)(H,24,25)/b22-13-. The highest BCUT2D eigenvalue weighted by atomic mass is 16.5. The zero-order chi connectivity index (χ0) is 19.1. The van der Waals surface area contributed by atoms with Crippen LogP contribution in [0.4, 0.5) is 0 Å². The highest BCUT2D eigenvalue weighted by Crippen LogP contribution is 2.22. The molecular weight excluding hydrogens is 344 g/mol. The second-order valence-electron chi connectivity index (χ2n) is 5.59. The summed E-state index contributed by atoms with van der Waals surface area (Å²) in [6, 6.07) is 14.5. The van der Waals surface area contributed by atoms with Gasteiger partial charge in [-0.15, -0.1) is 0 Å². The molecule has 0 atom stereocenters. The Morgan fingerprint density at radius 3 is 2.52 bits per heavy atom. The smallest absolute Gasteiger partial charge is 0.271 e. The van der Waals surface area contributed by atoms with Crippen LogP contribution in [0.5, 0.6) is 11.5 Å². The van der Waals surface area contributed by atoms with Crippen LogP contribution in [-0.4, -0.2) is 36.0 Å². The largest absolute Gasteiger partial charge is 0.497 e. The van der Waals surface area contributed by atoms with E-state index in [9.17, 15) is 4.79 Å². The quantitative estimate of drug-likeness (QED) is 0.497. The Bertz CT molecular complexity index is 915. The van der Waals surface area contributed by atoms with Gasteiger partial charge in [0.1, 0.15) is 11.5 Å². The van der Waals surface area contributed by atoms with Crippen molar-refractivity contribution in [2.24, 2.45) is 5.10 Å². The van der Waals surface area contributed by atoms with E-state index >= 15 is 0 Å². The molecule has 0 aliphatic rings. The normalized spacial score (nSPS) is 10.7. The number of ether oxygens (including phenoxy) is 2. The molecule has 0 saturated heterocycles. The van der Waals surface area contributed by atoms with E-state index in [4.69, 9.17) is 9.47 Å². The van der Waals surface area contributed by atoms with Crippen LogP contribution in [0, 0.1) is 0 Å². The highest BCUT2D eigenvalue weighted by Gasteiger charge is 2.07. The van der Waals surface area contributed by atoms with Crippen LogP contribution < -0.4 is 14.9 Å². The lowest BCUT2D eigenvalue weighted by Gasteiger charge is -2.04. The Balaban J connectivity index is 1.66. The van der Waals surface area contributed by atoms with Crippen LogP contribution in [0.2, 0.25) is 0 Å². The lowest BCUT2D eigenvalue weighted by Crippen LogP contribution is -2.17. The lowest BCUT2D eigenvalue weighted by molar-refractivity contribution is 0.0955. The van der Waals surface area contributed by atoms with Crippen LogP contribution >= 0.6 is 0 Å². The van der Waals surface area contributed by atoms with Crippen LogP contribution in [0.15, 0.2) is 59.8 Å². The van der Waals surface area contributed by atoms with Crippen molar-refractivity contribution >= 4 is 12.1 Å². The Morgan fingerprint density at radius 2 is 1.85 bits per heavy atom. The van der Waals surface area contributed by atoms with Crippen molar-refractivity contribution in [3.63, 3.8) is 0 Å². The molecule has 138 valence electrons. The van der Waals surface area contributed by atoms with Gasteiger partial charge in [0, 0.05) is 16.7 Å². The first-order valence-corrected chi connectivity index (χ1v) is 8.45. The Labute approximate surface area is 157 Å². The second kappa shape index (κ2) is 8.66. The Kier molecular flexibility index (Phi) is 5.84. The third-order valence-corrected chi connectivity index (χ3v) is 3.84. The van der Waals surface area contributed by atoms with Gasteiger partial charge in [-0.2, -0.15) is 10.2 Å². The number of methoxy groups -OCH3 is 1. The van der Waals surface area contributed by atoms with Crippen LogP contribution in [-0.2, 0) is 0 Å². The summed E-state index contributed by atoms with van der Waals surface area (Å²) in [6.45, 7) is 2.49.